The summed E-state index contributed by atoms with van der Waals surface area (Å²) in [6, 6.07) is 12.2. The van der Waals surface area contributed by atoms with E-state index in [1.54, 1.807) is 24.0 Å². The van der Waals surface area contributed by atoms with Crippen molar-refractivity contribution in [1.29, 1.82) is 0 Å². The van der Waals surface area contributed by atoms with Gasteiger partial charge >= 0.3 is 0 Å². The summed E-state index contributed by atoms with van der Waals surface area (Å²) in [6.45, 7) is 3.73. The Labute approximate surface area is 214 Å². The van der Waals surface area contributed by atoms with Crippen LogP contribution in [0.1, 0.15) is 18.5 Å². The number of morpholine rings is 1. The number of rotatable bonds is 5. The van der Waals surface area contributed by atoms with E-state index in [9.17, 15) is 14.9 Å². The number of ether oxygens (including phenoxy) is 1. The van der Waals surface area contributed by atoms with Crippen LogP contribution in [-0.4, -0.2) is 52.1 Å². The Morgan fingerprint density at radius 2 is 2.06 bits per heavy atom. The summed E-state index contributed by atoms with van der Waals surface area (Å²) in [5.41, 5.74) is 2.52. The standard InChI is InChI=1S/C23H21N5O4S3/c1-13-19(21(29)27-8-10-32-11-9-27)20(26-22(33)24-13)14-6-7-18(16(12-14)28(30)31)35-23-25-15-4-2-3-5-17(15)34-23/h2-7,12,20H,8-11H2,1H3,(H2,24,26,33). The van der Waals surface area contributed by atoms with E-state index in [0.29, 0.717) is 53.1 Å². The molecule has 3 aromatic rings. The van der Waals surface area contributed by atoms with Crippen molar-refractivity contribution in [3.8, 4) is 0 Å². The second-order valence-corrected chi connectivity index (χ2v) is 10.7. The van der Waals surface area contributed by atoms with Gasteiger partial charge in [0, 0.05) is 24.9 Å². The molecule has 35 heavy (non-hydrogen) atoms. The van der Waals surface area contributed by atoms with Crippen molar-refractivity contribution in [2.24, 2.45) is 0 Å². The molecular formula is C23H21N5O4S3. The molecular weight excluding hydrogens is 506 g/mol. The van der Waals surface area contributed by atoms with Crippen LogP contribution in [0, 0.1) is 10.1 Å². The Bertz CT molecular complexity index is 1330. The van der Waals surface area contributed by atoms with Gasteiger partial charge in [0.2, 0.25) is 0 Å². The summed E-state index contributed by atoms with van der Waals surface area (Å²) >= 11 is 8.09. The van der Waals surface area contributed by atoms with Crippen molar-refractivity contribution < 1.29 is 14.5 Å². The molecule has 0 bridgehead atoms. The molecule has 12 heteroatoms. The van der Waals surface area contributed by atoms with Gasteiger partial charge in [-0.15, -0.1) is 11.3 Å². The van der Waals surface area contributed by atoms with Crippen LogP contribution in [0.25, 0.3) is 10.2 Å². The number of thiazole rings is 1. The average Bonchev–Trinajstić information content (AvgIpc) is 3.26. The summed E-state index contributed by atoms with van der Waals surface area (Å²) < 4.78 is 7.12. The fraction of sp³-hybridized carbons (Fsp3) is 0.261. The van der Waals surface area contributed by atoms with Crippen LogP contribution < -0.4 is 10.6 Å². The Morgan fingerprint density at radius 3 is 2.80 bits per heavy atom. The maximum atomic E-state index is 13.4. The second kappa shape index (κ2) is 9.90. The SMILES string of the molecule is CC1=C(C(=O)N2CCOCC2)C(c2ccc(Sc3nc4ccccc4s3)c([N+](=O)[O-])c2)NC(=S)N1. The molecule has 0 radical (unpaired) electrons. The highest BCUT2D eigenvalue weighted by molar-refractivity contribution is 8.01. The minimum absolute atomic E-state index is 0.0474. The van der Waals surface area contributed by atoms with Crippen LogP contribution in [0.2, 0.25) is 0 Å². The molecule has 9 nitrogen and oxygen atoms in total. The number of aromatic nitrogens is 1. The number of thiocarbonyl (C=S) groups is 1. The summed E-state index contributed by atoms with van der Waals surface area (Å²) in [5.74, 6) is -0.145. The smallest absolute Gasteiger partial charge is 0.283 e. The van der Waals surface area contributed by atoms with Gasteiger partial charge in [-0.05, 0) is 42.9 Å². The number of fused-ring (bicyclic) bond motifs is 1. The predicted molar refractivity (Wildman–Crippen MR) is 139 cm³/mol. The molecule has 2 aromatic carbocycles. The molecule has 1 fully saturated rings. The van der Waals surface area contributed by atoms with Gasteiger partial charge in [-0.25, -0.2) is 4.98 Å². The van der Waals surface area contributed by atoms with Crippen molar-refractivity contribution in [2.45, 2.75) is 22.2 Å². The van der Waals surface area contributed by atoms with Crippen molar-refractivity contribution in [3.05, 3.63) is 69.4 Å². The highest BCUT2D eigenvalue weighted by Gasteiger charge is 2.34. The van der Waals surface area contributed by atoms with Crippen molar-refractivity contribution in [3.63, 3.8) is 0 Å². The topological polar surface area (TPSA) is 110 Å². The lowest BCUT2D eigenvalue weighted by molar-refractivity contribution is -0.387. The molecule has 0 saturated carbocycles. The zero-order valence-electron chi connectivity index (χ0n) is 18.6. The number of benzene rings is 2. The van der Waals surface area contributed by atoms with Gasteiger partial charge in [-0.2, -0.15) is 0 Å². The van der Waals surface area contributed by atoms with Gasteiger partial charge in [-0.1, -0.05) is 30.0 Å². The van der Waals surface area contributed by atoms with Crippen LogP contribution >= 0.6 is 35.3 Å². The number of amides is 1. The normalized spacial score (nSPS) is 18.4. The van der Waals surface area contributed by atoms with Crippen LogP contribution in [-0.2, 0) is 9.53 Å². The Balaban J connectivity index is 1.49. The third kappa shape index (κ3) is 4.87. The van der Waals surface area contributed by atoms with Gasteiger partial charge in [0.1, 0.15) is 0 Å². The van der Waals surface area contributed by atoms with E-state index in [-0.39, 0.29) is 11.6 Å². The molecule has 1 saturated heterocycles. The molecule has 2 aliphatic rings. The quantitative estimate of drug-likeness (QED) is 0.289. The summed E-state index contributed by atoms with van der Waals surface area (Å²) in [7, 11) is 0. The van der Waals surface area contributed by atoms with Gasteiger partial charge in [0.05, 0.1) is 44.9 Å². The number of para-hydroxylation sites is 1. The van der Waals surface area contributed by atoms with Gasteiger partial charge in [-0.3, -0.25) is 14.9 Å². The van der Waals surface area contributed by atoms with Gasteiger partial charge in [0.25, 0.3) is 11.6 Å². The van der Waals surface area contributed by atoms with Crippen molar-refractivity contribution >= 4 is 62.2 Å². The van der Waals surface area contributed by atoms with E-state index < -0.39 is 11.0 Å². The number of carbonyl (C=O) groups is 1. The number of nitro groups is 1. The molecule has 3 heterocycles. The average molecular weight is 528 g/mol. The fourth-order valence-electron chi connectivity index (χ4n) is 4.10. The minimum Gasteiger partial charge on any atom is -0.378 e. The van der Waals surface area contributed by atoms with Crippen LogP contribution in [0.5, 0.6) is 0 Å². The molecule has 2 aliphatic heterocycles. The van der Waals surface area contributed by atoms with Crippen LogP contribution in [0.4, 0.5) is 5.69 Å². The summed E-state index contributed by atoms with van der Waals surface area (Å²) in [6.07, 6.45) is 0. The molecule has 1 unspecified atom stereocenters. The Hall–Kier alpha value is -3.06. The first kappa shape index (κ1) is 23.7. The number of nitrogens with one attached hydrogen (secondary N) is 2. The van der Waals surface area contributed by atoms with E-state index in [4.69, 9.17) is 17.0 Å². The lowest BCUT2D eigenvalue weighted by Gasteiger charge is -2.34. The van der Waals surface area contributed by atoms with Crippen molar-refractivity contribution in [1.82, 2.24) is 20.5 Å². The van der Waals surface area contributed by atoms with E-state index in [2.05, 4.69) is 15.6 Å². The molecule has 180 valence electrons. The summed E-state index contributed by atoms with van der Waals surface area (Å²) in [4.78, 5) is 31.8. The third-order valence-corrected chi connectivity index (χ3v) is 8.16. The Morgan fingerprint density at radius 1 is 1.29 bits per heavy atom. The zero-order valence-corrected chi connectivity index (χ0v) is 21.1. The summed E-state index contributed by atoms with van der Waals surface area (Å²) in [5, 5.41) is 18.5. The third-order valence-electron chi connectivity index (χ3n) is 5.78. The van der Waals surface area contributed by atoms with Crippen molar-refractivity contribution in [2.75, 3.05) is 26.3 Å². The van der Waals surface area contributed by atoms with E-state index in [1.165, 1.54) is 29.2 Å². The van der Waals surface area contributed by atoms with E-state index in [1.807, 2.05) is 24.3 Å². The molecule has 0 spiro atoms. The first-order valence-corrected chi connectivity index (χ1v) is 12.9. The predicted octanol–water partition coefficient (Wildman–Crippen LogP) is 4.01. The second-order valence-electron chi connectivity index (χ2n) is 8.01. The molecule has 1 atom stereocenters. The molecule has 2 N–H and O–H groups in total. The molecule has 1 amide bonds. The lowest BCUT2D eigenvalue weighted by Crippen LogP contribution is -2.49. The number of carbonyl (C=O) groups excluding carboxylic acids is 1. The number of hydrogen-bond acceptors (Lipinski definition) is 8. The maximum absolute atomic E-state index is 13.4. The highest BCUT2D eigenvalue weighted by atomic mass is 32.2. The molecule has 5 rings (SSSR count). The monoisotopic (exact) mass is 527 g/mol. The lowest BCUT2D eigenvalue weighted by atomic mass is 9.94. The highest BCUT2D eigenvalue weighted by Crippen LogP contribution is 2.40. The Kier molecular flexibility index (Phi) is 6.69. The van der Waals surface area contributed by atoms with E-state index in [0.717, 1.165) is 14.6 Å². The number of allylic oxidation sites excluding steroid dienone is 1. The number of nitro benzene ring substituents is 1. The molecule has 0 aliphatic carbocycles. The maximum Gasteiger partial charge on any atom is 0.283 e. The number of hydrogen-bond donors (Lipinski definition) is 2. The van der Waals surface area contributed by atoms with E-state index >= 15 is 0 Å². The first-order chi connectivity index (χ1) is 16.9. The largest absolute Gasteiger partial charge is 0.378 e. The number of nitrogens with zero attached hydrogens (tertiary/aromatic N) is 3. The zero-order chi connectivity index (χ0) is 24.5. The molecule has 1 aromatic heterocycles. The van der Waals surface area contributed by atoms with Crippen LogP contribution in [0.3, 0.4) is 0 Å². The minimum atomic E-state index is -0.612. The fourth-order valence-corrected chi connectivity index (χ4v) is 6.48. The van der Waals surface area contributed by atoms with Gasteiger partial charge < -0.3 is 20.3 Å². The van der Waals surface area contributed by atoms with Gasteiger partial charge in [0.15, 0.2) is 9.45 Å². The van der Waals surface area contributed by atoms with Crippen LogP contribution in [0.15, 0.2) is 63.0 Å². The first-order valence-electron chi connectivity index (χ1n) is 10.9.